The third-order valence-electron chi connectivity index (χ3n) is 3.13. The van der Waals surface area contributed by atoms with Gasteiger partial charge >= 0.3 is 0 Å². The smallest absolute Gasteiger partial charge is 0.119 e. The molecular weight excluding hydrogens is 382 g/mol. The highest BCUT2D eigenvalue weighted by molar-refractivity contribution is 9.10. The van der Waals surface area contributed by atoms with Gasteiger partial charge in [0.15, 0.2) is 0 Å². The van der Waals surface area contributed by atoms with Gasteiger partial charge in [-0.2, -0.15) is 0 Å². The number of ether oxygens (including phenoxy) is 1. The van der Waals surface area contributed by atoms with Gasteiger partial charge in [0, 0.05) is 23.4 Å². The van der Waals surface area contributed by atoms with E-state index in [1.54, 1.807) is 7.11 Å². The zero-order valence-electron chi connectivity index (χ0n) is 11.6. The van der Waals surface area contributed by atoms with Crippen molar-refractivity contribution >= 4 is 37.5 Å². The second kappa shape index (κ2) is 7.14. The van der Waals surface area contributed by atoms with E-state index in [1.165, 1.54) is 16.8 Å². The van der Waals surface area contributed by atoms with E-state index in [0.29, 0.717) is 0 Å². The van der Waals surface area contributed by atoms with Crippen LogP contribution in [-0.4, -0.2) is 14.2 Å². The molecule has 2 aromatic carbocycles. The molecule has 20 heavy (non-hydrogen) atoms. The first-order valence-electron chi connectivity index (χ1n) is 6.32. The molecule has 0 aliphatic heterocycles. The van der Waals surface area contributed by atoms with Crippen molar-refractivity contribution < 1.29 is 4.74 Å². The Kier molecular flexibility index (Phi) is 5.49. The van der Waals surface area contributed by atoms with Crippen LogP contribution < -0.4 is 9.64 Å². The van der Waals surface area contributed by atoms with Gasteiger partial charge in [-0.25, -0.2) is 0 Å². The highest BCUT2D eigenvalue weighted by atomic mass is 79.9. The van der Waals surface area contributed by atoms with Crippen molar-refractivity contribution in [3.05, 3.63) is 58.1 Å². The summed E-state index contributed by atoms with van der Waals surface area (Å²) in [5.41, 5.74) is 3.66. The highest BCUT2D eigenvalue weighted by Crippen LogP contribution is 2.28. The lowest BCUT2D eigenvalue weighted by Gasteiger charge is -2.21. The van der Waals surface area contributed by atoms with Gasteiger partial charge in [-0.1, -0.05) is 34.1 Å². The van der Waals surface area contributed by atoms with Crippen LogP contribution in [0.15, 0.2) is 46.9 Å². The summed E-state index contributed by atoms with van der Waals surface area (Å²) in [5.74, 6) is 0.893. The van der Waals surface area contributed by atoms with Gasteiger partial charge in [-0.15, -0.1) is 0 Å². The first-order valence-corrected chi connectivity index (χ1v) is 8.24. The second-order valence-corrected chi connectivity index (χ2v) is 6.04. The van der Waals surface area contributed by atoms with Crippen LogP contribution in [0.3, 0.4) is 0 Å². The lowest BCUT2D eigenvalue weighted by atomic mass is 10.1. The van der Waals surface area contributed by atoms with Gasteiger partial charge in [0.05, 0.1) is 12.8 Å². The molecule has 106 valence electrons. The Bertz CT molecular complexity index is 586. The molecule has 2 nitrogen and oxygen atoms in total. The molecule has 0 fully saturated rings. The molecule has 0 saturated heterocycles. The summed E-state index contributed by atoms with van der Waals surface area (Å²) in [5, 5.41) is 0.867. The fraction of sp³-hybridized carbons (Fsp3) is 0.250. The molecule has 2 rings (SSSR count). The van der Waals surface area contributed by atoms with Crippen LogP contribution in [0.25, 0.3) is 0 Å². The van der Waals surface area contributed by atoms with Crippen molar-refractivity contribution in [2.24, 2.45) is 0 Å². The zero-order chi connectivity index (χ0) is 14.5. The predicted octanol–water partition coefficient (Wildman–Crippen LogP) is 4.99. The van der Waals surface area contributed by atoms with Gasteiger partial charge < -0.3 is 9.64 Å². The largest absolute Gasteiger partial charge is 0.497 e. The maximum Gasteiger partial charge on any atom is 0.119 e. The third-order valence-corrected chi connectivity index (χ3v) is 4.41. The quantitative estimate of drug-likeness (QED) is 0.658. The van der Waals surface area contributed by atoms with E-state index in [9.17, 15) is 0 Å². The number of anilines is 1. The highest BCUT2D eigenvalue weighted by Gasteiger charge is 2.07. The van der Waals surface area contributed by atoms with E-state index in [0.717, 1.165) is 22.1 Å². The maximum atomic E-state index is 5.26. The van der Waals surface area contributed by atoms with Gasteiger partial charge in [-0.3, -0.25) is 0 Å². The topological polar surface area (TPSA) is 12.5 Å². The molecule has 2 aromatic rings. The summed E-state index contributed by atoms with van der Waals surface area (Å²) in [4.78, 5) is 2.22. The van der Waals surface area contributed by atoms with Gasteiger partial charge in [-0.05, 0) is 51.3 Å². The zero-order valence-corrected chi connectivity index (χ0v) is 14.7. The molecule has 0 N–H and O–H groups in total. The third kappa shape index (κ3) is 3.76. The SMILES string of the molecule is COc1cccc(CN(C)c2ccc(CBr)cc2Br)c1. The van der Waals surface area contributed by atoms with E-state index in [2.05, 4.69) is 74.1 Å². The molecule has 0 aliphatic carbocycles. The Morgan fingerprint density at radius 2 is 1.90 bits per heavy atom. The summed E-state index contributed by atoms with van der Waals surface area (Å²) in [6, 6.07) is 14.6. The van der Waals surface area contributed by atoms with E-state index in [-0.39, 0.29) is 0 Å². The monoisotopic (exact) mass is 397 g/mol. The van der Waals surface area contributed by atoms with Crippen molar-refractivity contribution in [2.75, 3.05) is 19.1 Å². The van der Waals surface area contributed by atoms with Gasteiger partial charge in [0.2, 0.25) is 0 Å². The van der Waals surface area contributed by atoms with E-state index >= 15 is 0 Å². The lowest BCUT2D eigenvalue weighted by Crippen LogP contribution is -2.16. The van der Waals surface area contributed by atoms with Crippen molar-refractivity contribution in [2.45, 2.75) is 11.9 Å². The average Bonchev–Trinajstić information content (AvgIpc) is 2.47. The summed E-state index contributed by atoms with van der Waals surface area (Å²) in [6.45, 7) is 0.837. The predicted molar refractivity (Wildman–Crippen MR) is 91.9 cm³/mol. The van der Waals surface area contributed by atoms with E-state index in [4.69, 9.17) is 4.74 Å². The van der Waals surface area contributed by atoms with Crippen LogP contribution in [0.1, 0.15) is 11.1 Å². The van der Waals surface area contributed by atoms with Crippen molar-refractivity contribution in [3.8, 4) is 5.75 Å². The van der Waals surface area contributed by atoms with Crippen molar-refractivity contribution in [3.63, 3.8) is 0 Å². The minimum atomic E-state index is 0.837. The molecule has 0 radical (unpaired) electrons. The Hall–Kier alpha value is -1.000. The number of rotatable bonds is 5. The summed E-state index contributed by atoms with van der Waals surface area (Å²) >= 11 is 7.12. The number of methoxy groups -OCH3 is 1. The fourth-order valence-corrected chi connectivity index (χ4v) is 3.15. The molecule has 0 heterocycles. The molecule has 0 amide bonds. The summed E-state index contributed by atoms with van der Waals surface area (Å²) in [6.07, 6.45) is 0. The van der Waals surface area contributed by atoms with Gasteiger partial charge in [0.25, 0.3) is 0 Å². The maximum absolute atomic E-state index is 5.26. The van der Waals surface area contributed by atoms with Crippen molar-refractivity contribution in [1.82, 2.24) is 0 Å². The number of benzene rings is 2. The fourth-order valence-electron chi connectivity index (χ4n) is 2.07. The van der Waals surface area contributed by atoms with Crippen LogP contribution in [0.4, 0.5) is 5.69 Å². The molecular formula is C16H17Br2NO. The number of halogens is 2. The van der Waals surface area contributed by atoms with Gasteiger partial charge in [0.1, 0.15) is 5.75 Å². The molecule has 0 saturated carbocycles. The van der Waals surface area contributed by atoms with Crippen molar-refractivity contribution in [1.29, 1.82) is 0 Å². The van der Waals surface area contributed by atoms with Crippen LogP contribution in [0.2, 0.25) is 0 Å². The van der Waals surface area contributed by atoms with Crippen LogP contribution in [0, 0.1) is 0 Å². The number of hydrogen-bond donors (Lipinski definition) is 0. The Labute approximate surface area is 137 Å². The molecule has 0 aliphatic rings. The standard InChI is InChI=1S/C16H17Br2NO/c1-19(11-13-4-3-5-14(8-13)20-2)16-7-6-12(10-17)9-15(16)18/h3-9H,10-11H2,1-2H3. The molecule has 0 spiro atoms. The lowest BCUT2D eigenvalue weighted by molar-refractivity contribution is 0.414. The molecule has 0 bridgehead atoms. The number of alkyl halides is 1. The minimum absolute atomic E-state index is 0.837. The second-order valence-electron chi connectivity index (χ2n) is 4.63. The number of hydrogen-bond acceptors (Lipinski definition) is 2. The first kappa shape index (κ1) is 15.4. The van der Waals surface area contributed by atoms with E-state index in [1.807, 2.05) is 12.1 Å². The van der Waals surface area contributed by atoms with Crippen LogP contribution in [-0.2, 0) is 11.9 Å². The Morgan fingerprint density at radius 1 is 1.10 bits per heavy atom. The average molecular weight is 399 g/mol. The molecule has 0 aromatic heterocycles. The van der Waals surface area contributed by atoms with Crippen LogP contribution >= 0.6 is 31.9 Å². The molecule has 0 unspecified atom stereocenters. The summed E-state index contributed by atoms with van der Waals surface area (Å²) in [7, 11) is 3.78. The Balaban J connectivity index is 2.16. The molecule has 0 atom stereocenters. The molecule has 4 heteroatoms. The number of nitrogens with zero attached hydrogens (tertiary/aromatic N) is 1. The Morgan fingerprint density at radius 3 is 2.55 bits per heavy atom. The van der Waals surface area contributed by atoms with E-state index < -0.39 is 0 Å². The van der Waals surface area contributed by atoms with Crippen LogP contribution in [0.5, 0.6) is 5.75 Å². The first-order chi connectivity index (χ1) is 9.63. The summed E-state index contributed by atoms with van der Waals surface area (Å²) < 4.78 is 6.37. The normalized spacial score (nSPS) is 10.4. The minimum Gasteiger partial charge on any atom is -0.497 e.